The lowest BCUT2D eigenvalue weighted by atomic mass is 9.87. The minimum atomic E-state index is -0.424. The Kier molecular flexibility index (Phi) is 8.21. The van der Waals surface area contributed by atoms with Crippen LogP contribution in [0.1, 0.15) is 40.8 Å². The molecule has 1 aliphatic rings. The van der Waals surface area contributed by atoms with Crippen LogP contribution in [0.3, 0.4) is 0 Å². The van der Waals surface area contributed by atoms with Gasteiger partial charge in [0.1, 0.15) is 5.82 Å². The van der Waals surface area contributed by atoms with Crippen LogP contribution in [0, 0.1) is 5.82 Å². The maximum Gasteiger partial charge on any atom is 0.239 e. The Balaban J connectivity index is 1.46. The highest BCUT2D eigenvalue weighted by Gasteiger charge is 2.36. The van der Waals surface area contributed by atoms with Crippen LogP contribution in [0.25, 0.3) is 0 Å². The number of nitrogens with zero attached hydrogens (tertiary/aromatic N) is 2. The van der Waals surface area contributed by atoms with Crippen LogP contribution in [0.15, 0.2) is 103 Å². The molecule has 0 bridgehead atoms. The molecule has 0 N–H and O–H groups in total. The summed E-state index contributed by atoms with van der Waals surface area (Å²) in [4.78, 5) is 18.2. The molecule has 3 nitrogen and oxygen atoms in total. The van der Waals surface area contributed by atoms with Gasteiger partial charge in [-0.25, -0.2) is 4.39 Å². The first-order valence-electron chi connectivity index (χ1n) is 13.2. The molecule has 1 aliphatic heterocycles. The molecule has 1 heterocycles. The standard InChI is InChI=1S/C33H32ClFN2O/c1-24(37-22-20-26-13-5-7-15-28(26)32(37)29-16-8-9-17-30(29)34)33(38)36(21-19-25-11-3-2-4-12-25)23-27-14-6-10-18-31(27)35/h2-18,24,32H,19-23H2,1H3. The lowest BCUT2D eigenvalue weighted by molar-refractivity contribution is -0.138. The molecule has 0 saturated heterocycles. The van der Waals surface area contributed by atoms with E-state index in [0.717, 1.165) is 24.1 Å². The fourth-order valence-corrected chi connectivity index (χ4v) is 5.70. The summed E-state index contributed by atoms with van der Waals surface area (Å²) in [6.45, 7) is 3.43. The molecule has 0 aliphatic carbocycles. The van der Waals surface area contributed by atoms with Crippen LogP contribution in [0.4, 0.5) is 4.39 Å². The summed E-state index contributed by atoms with van der Waals surface area (Å²) in [5.41, 5.74) is 5.11. The molecular weight excluding hydrogens is 495 g/mol. The Bertz CT molecular complexity index is 1390. The molecule has 0 fully saturated rings. The van der Waals surface area contributed by atoms with Gasteiger partial charge in [-0.2, -0.15) is 0 Å². The third kappa shape index (κ3) is 5.67. The van der Waals surface area contributed by atoms with Gasteiger partial charge >= 0.3 is 0 Å². The van der Waals surface area contributed by atoms with E-state index in [9.17, 15) is 9.18 Å². The van der Waals surface area contributed by atoms with Crippen LogP contribution in [0.5, 0.6) is 0 Å². The maximum atomic E-state index is 14.7. The lowest BCUT2D eigenvalue weighted by Crippen LogP contribution is -2.51. The monoisotopic (exact) mass is 526 g/mol. The van der Waals surface area contributed by atoms with E-state index in [2.05, 4.69) is 35.2 Å². The number of carbonyl (C=O) groups excluding carboxylic acids is 1. The largest absolute Gasteiger partial charge is 0.337 e. The van der Waals surface area contributed by atoms with Crippen molar-refractivity contribution in [3.05, 3.63) is 142 Å². The highest BCUT2D eigenvalue weighted by molar-refractivity contribution is 6.31. The molecular formula is C33H32ClFN2O. The molecule has 0 spiro atoms. The van der Waals surface area contributed by atoms with Crippen molar-refractivity contribution >= 4 is 17.5 Å². The van der Waals surface area contributed by atoms with Crippen molar-refractivity contribution < 1.29 is 9.18 Å². The van der Waals surface area contributed by atoms with Crippen molar-refractivity contribution in [2.45, 2.75) is 38.4 Å². The van der Waals surface area contributed by atoms with Gasteiger partial charge in [-0.1, -0.05) is 103 Å². The number of rotatable bonds is 8. The van der Waals surface area contributed by atoms with Gasteiger partial charge in [0.15, 0.2) is 0 Å². The predicted octanol–water partition coefficient (Wildman–Crippen LogP) is 7.09. The second kappa shape index (κ2) is 11.9. The molecule has 0 saturated carbocycles. The quantitative estimate of drug-likeness (QED) is 0.245. The Hall–Kier alpha value is -3.47. The summed E-state index contributed by atoms with van der Waals surface area (Å²) >= 11 is 6.71. The van der Waals surface area contributed by atoms with E-state index >= 15 is 0 Å². The van der Waals surface area contributed by atoms with Crippen molar-refractivity contribution in [2.75, 3.05) is 13.1 Å². The number of carbonyl (C=O) groups is 1. The molecule has 4 aromatic rings. The van der Waals surface area contributed by atoms with Crippen LogP contribution in [0.2, 0.25) is 5.02 Å². The summed E-state index contributed by atoms with van der Waals surface area (Å²) < 4.78 is 14.7. The van der Waals surface area contributed by atoms with Crippen molar-refractivity contribution in [1.82, 2.24) is 9.80 Å². The molecule has 1 amide bonds. The van der Waals surface area contributed by atoms with E-state index in [1.807, 2.05) is 61.5 Å². The number of hydrogen-bond acceptors (Lipinski definition) is 2. The minimum Gasteiger partial charge on any atom is -0.337 e. The predicted molar refractivity (Wildman–Crippen MR) is 152 cm³/mol. The van der Waals surface area contributed by atoms with Gasteiger partial charge in [0.05, 0.1) is 12.1 Å². The van der Waals surface area contributed by atoms with Crippen LogP contribution in [-0.2, 0) is 24.2 Å². The Morgan fingerprint density at radius 2 is 1.58 bits per heavy atom. The Morgan fingerprint density at radius 1 is 0.921 bits per heavy atom. The van der Waals surface area contributed by atoms with Crippen molar-refractivity contribution in [1.29, 1.82) is 0 Å². The van der Waals surface area contributed by atoms with Crippen LogP contribution < -0.4 is 0 Å². The summed E-state index contributed by atoms with van der Waals surface area (Å²) in [6.07, 6.45) is 1.55. The minimum absolute atomic E-state index is 0.0133. The first-order valence-corrected chi connectivity index (χ1v) is 13.5. The molecule has 2 atom stereocenters. The number of halogens is 2. The molecule has 5 heteroatoms. The third-order valence-electron chi connectivity index (χ3n) is 7.52. The van der Waals surface area contributed by atoms with E-state index in [1.54, 1.807) is 17.0 Å². The van der Waals surface area contributed by atoms with Crippen molar-refractivity contribution in [2.24, 2.45) is 0 Å². The second-order valence-electron chi connectivity index (χ2n) is 9.87. The zero-order chi connectivity index (χ0) is 26.5. The molecule has 4 aromatic carbocycles. The average Bonchev–Trinajstić information content (AvgIpc) is 2.96. The molecule has 0 aromatic heterocycles. The molecule has 194 valence electrons. The normalized spacial score (nSPS) is 16.0. The third-order valence-corrected chi connectivity index (χ3v) is 7.86. The summed E-state index contributed by atoms with van der Waals surface area (Å²) in [5.74, 6) is -0.306. The fraction of sp³-hybridized carbons (Fsp3) is 0.242. The van der Waals surface area contributed by atoms with Gasteiger partial charge in [0.25, 0.3) is 0 Å². The smallest absolute Gasteiger partial charge is 0.239 e. The van der Waals surface area contributed by atoms with Gasteiger partial charge in [-0.05, 0) is 54.2 Å². The molecule has 5 rings (SSSR count). The van der Waals surface area contributed by atoms with Crippen molar-refractivity contribution in [3.63, 3.8) is 0 Å². The first kappa shape index (κ1) is 26.1. The van der Waals surface area contributed by atoms with E-state index < -0.39 is 6.04 Å². The average molecular weight is 527 g/mol. The van der Waals surface area contributed by atoms with E-state index in [4.69, 9.17) is 11.6 Å². The molecule has 2 unspecified atom stereocenters. The van der Waals surface area contributed by atoms with E-state index in [1.165, 1.54) is 17.2 Å². The van der Waals surface area contributed by atoms with Gasteiger partial charge < -0.3 is 4.90 Å². The summed E-state index contributed by atoms with van der Waals surface area (Å²) in [6, 6.07) is 32.5. The second-order valence-corrected chi connectivity index (χ2v) is 10.3. The number of fused-ring (bicyclic) bond motifs is 1. The zero-order valence-corrected chi connectivity index (χ0v) is 22.3. The summed E-state index contributed by atoms with van der Waals surface area (Å²) in [5, 5.41) is 0.686. The topological polar surface area (TPSA) is 23.6 Å². The Morgan fingerprint density at radius 3 is 2.34 bits per heavy atom. The summed E-state index contributed by atoms with van der Waals surface area (Å²) in [7, 11) is 0. The first-order chi connectivity index (χ1) is 18.5. The van der Waals surface area contributed by atoms with Crippen LogP contribution in [-0.4, -0.2) is 34.8 Å². The lowest BCUT2D eigenvalue weighted by Gasteiger charge is -2.42. The van der Waals surface area contributed by atoms with Gasteiger partial charge in [-0.3, -0.25) is 9.69 Å². The number of hydrogen-bond donors (Lipinski definition) is 0. The van der Waals surface area contributed by atoms with E-state index in [0.29, 0.717) is 23.6 Å². The maximum absolute atomic E-state index is 14.7. The van der Waals surface area contributed by atoms with Crippen LogP contribution >= 0.6 is 11.6 Å². The Labute approximate surface area is 229 Å². The highest BCUT2D eigenvalue weighted by Crippen LogP contribution is 2.39. The van der Waals surface area contributed by atoms with Crippen molar-refractivity contribution in [3.8, 4) is 0 Å². The fourth-order valence-electron chi connectivity index (χ4n) is 5.46. The number of amides is 1. The van der Waals surface area contributed by atoms with Gasteiger partial charge in [0.2, 0.25) is 5.91 Å². The SMILES string of the molecule is CC(C(=O)N(CCc1ccccc1)Cc1ccccc1F)N1CCc2ccccc2C1c1ccccc1Cl. The van der Waals surface area contributed by atoms with Gasteiger partial charge in [-0.15, -0.1) is 0 Å². The zero-order valence-electron chi connectivity index (χ0n) is 21.6. The van der Waals surface area contributed by atoms with Gasteiger partial charge in [0, 0.05) is 30.2 Å². The molecule has 38 heavy (non-hydrogen) atoms. The van der Waals surface area contributed by atoms with E-state index in [-0.39, 0.29) is 24.3 Å². The molecule has 0 radical (unpaired) electrons. The number of benzene rings is 4. The highest BCUT2D eigenvalue weighted by atomic mass is 35.5.